The highest BCUT2D eigenvalue weighted by atomic mass is 16.6. The summed E-state index contributed by atoms with van der Waals surface area (Å²) in [4.78, 5) is 4.22. The molecule has 1 fully saturated rings. The van der Waals surface area contributed by atoms with Crippen molar-refractivity contribution < 1.29 is 4.74 Å². The van der Waals surface area contributed by atoms with Gasteiger partial charge in [-0.05, 0) is 16.5 Å². The van der Waals surface area contributed by atoms with E-state index in [1.54, 1.807) is 6.20 Å². The van der Waals surface area contributed by atoms with E-state index < -0.39 is 0 Å². The molecule has 0 spiro atoms. The SMILES string of the molecule is c1cc(-n2cnnn2)ncc1[C@@H]1CO1. The van der Waals surface area contributed by atoms with Crippen molar-refractivity contribution >= 4 is 0 Å². The minimum absolute atomic E-state index is 0.241. The molecule has 0 N–H and O–H groups in total. The number of hydrogen-bond acceptors (Lipinski definition) is 5. The Morgan fingerprint density at radius 1 is 1.43 bits per heavy atom. The lowest BCUT2D eigenvalue weighted by atomic mass is 10.2. The Kier molecular flexibility index (Phi) is 1.54. The van der Waals surface area contributed by atoms with Crippen molar-refractivity contribution in [2.45, 2.75) is 6.10 Å². The van der Waals surface area contributed by atoms with Crippen molar-refractivity contribution in [1.82, 2.24) is 25.2 Å². The van der Waals surface area contributed by atoms with Gasteiger partial charge < -0.3 is 4.74 Å². The van der Waals surface area contributed by atoms with Crippen molar-refractivity contribution in [2.75, 3.05) is 6.61 Å². The van der Waals surface area contributed by atoms with Crippen LogP contribution in [0.2, 0.25) is 0 Å². The summed E-state index contributed by atoms with van der Waals surface area (Å²) >= 11 is 0. The molecular formula is C8H7N5O. The Labute approximate surface area is 79.5 Å². The summed E-state index contributed by atoms with van der Waals surface area (Å²) in [6.45, 7) is 0.798. The molecule has 1 aliphatic heterocycles. The number of hydrogen-bond donors (Lipinski definition) is 0. The van der Waals surface area contributed by atoms with E-state index in [0.717, 1.165) is 12.2 Å². The third-order valence-corrected chi connectivity index (χ3v) is 2.06. The van der Waals surface area contributed by atoms with E-state index in [0.29, 0.717) is 5.82 Å². The number of nitrogens with zero attached hydrogens (tertiary/aromatic N) is 5. The summed E-state index contributed by atoms with van der Waals surface area (Å²) in [6, 6.07) is 3.84. The molecule has 1 aliphatic rings. The first-order chi connectivity index (χ1) is 6.93. The molecule has 2 aromatic heterocycles. The van der Waals surface area contributed by atoms with Crippen LogP contribution in [0.1, 0.15) is 11.7 Å². The van der Waals surface area contributed by atoms with Crippen LogP contribution in [0.15, 0.2) is 24.7 Å². The van der Waals surface area contributed by atoms with Gasteiger partial charge in [0.1, 0.15) is 12.4 Å². The molecule has 0 saturated carbocycles. The van der Waals surface area contributed by atoms with Gasteiger partial charge in [-0.3, -0.25) is 0 Å². The predicted molar refractivity (Wildman–Crippen MR) is 45.6 cm³/mol. The van der Waals surface area contributed by atoms with E-state index in [4.69, 9.17) is 4.74 Å². The van der Waals surface area contributed by atoms with Crippen LogP contribution in [0.5, 0.6) is 0 Å². The van der Waals surface area contributed by atoms with Crippen LogP contribution in [0.3, 0.4) is 0 Å². The molecule has 0 unspecified atom stereocenters. The Morgan fingerprint density at radius 3 is 2.93 bits per heavy atom. The summed E-state index contributed by atoms with van der Waals surface area (Å²) in [6.07, 6.45) is 3.54. The summed E-state index contributed by atoms with van der Waals surface area (Å²) < 4.78 is 6.65. The van der Waals surface area contributed by atoms with Gasteiger partial charge in [0.05, 0.1) is 6.61 Å². The minimum atomic E-state index is 0.241. The first kappa shape index (κ1) is 7.57. The molecule has 6 nitrogen and oxygen atoms in total. The van der Waals surface area contributed by atoms with Crippen LogP contribution >= 0.6 is 0 Å². The van der Waals surface area contributed by atoms with E-state index in [2.05, 4.69) is 20.5 Å². The van der Waals surface area contributed by atoms with Crippen LogP contribution in [-0.2, 0) is 4.74 Å². The maximum atomic E-state index is 5.14. The molecule has 6 heteroatoms. The maximum Gasteiger partial charge on any atom is 0.156 e. The van der Waals surface area contributed by atoms with Crippen molar-refractivity contribution in [1.29, 1.82) is 0 Å². The lowest BCUT2D eigenvalue weighted by molar-refractivity contribution is 0.415. The molecule has 3 heterocycles. The molecule has 1 saturated heterocycles. The summed E-state index contributed by atoms with van der Waals surface area (Å²) in [5, 5.41) is 10.8. The lowest BCUT2D eigenvalue weighted by Gasteiger charge is -1.98. The molecule has 70 valence electrons. The van der Waals surface area contributed by atoms with Gasteiger partial charge in [-0.1, -0.05) is 6.07 Å². The zero-order valence-corrected chi connectivity index (χ0v) is 7.24. The standard InChI is InChI=1S/C8H7N5O/c1-2-8(13-5-10-11-12-13)9-3-6(1)7-4-14-7/h1-3,5,7H,4H2/t7-/m0/s1. The van der Waals surface area contributed by atoms with E-state index in [-0.39, 0.29) is 6.10 Å². The number of rotatable bonds is 2. The fourth-order valence-corrected chi connectivity index (χ4v) is 1.23. The number of tetrazole rings is 1. The summed E-state index contributed by atoms with van der Waals surface area (Å²) in [5.74, 6) is 0.708. The van der Waals surface area contributed by atoms with Crippen molar-refractivity contribution in [3.05, 3.63) is 30.2 Å². The Hall–Kier alpha value is -1.82. The van der Waals surface area contributed by atoms with E-state index >= 15 is 0 Å². The van der Waals surface area contributed by atoms with Crippen molar-refractivity contribution in [3.63, 3.8) is 0 Å². The summed E-state index contributed by atoms with van der Waals surface area (Å²) in [7, 11) is 0. The topological polar surface area (TPSA) is 69.0 Å². The minimum Gasteiger partial charge on any atom is -0.368 e. The monoisotopic (exact) mass is 189 g/mol. The number of ether oxygens (including phenoxy) is 1. The zero-order valence-electron chi connectivity index (χ0n) is 7.24. The Morgan fingerprint density at radius 2 is 2.36 bits per heavy atom. The van der Waals surface area contributed by atoms with Gasteiger partial charge >= 0.3 is 0 Å². The number of aromatic nitrogens is 5. The van der Waals surface area contributed by atoms with E-state index in [1.165, 1.54) is 11.0 Å². The van der Waals surface area contributed by atoms with Crippen molar-refractivity contribution in [3.8, 4) is 5.82 Å². The summed E-state index contributed by atoms with van der Waals surface area (Å²) in [5.41, 5.74) is 1.10. The highest BCUT2D eigenvalue weighted by molar-refractivity contribution is 5.26. The molecular weight excluding hydrogens is 182 g/mol. The smallest absolute Gasteiger partial charge is 0.156 e. The average molecular weight is 189 g/mol. The van der Waals surface area contributed by atoms with Gasteiger partial charge in [-0.15, -0.1) is 5.10 Å². The first-order valence-electron chi connectivity index (χ1n) is 4.24. The highest BCUT2D eigenvalue weighted by Crippen LogP contribution is 2.28. The van der Waals surface area contributed by atoms with Gasteiger partial charge in [0, 0.05) is 11.8 Å². The molecule has 0 aliphatic carbocycles. The van der Waals surface area contributed by atoms with Gasteiger partial charge in [0.2, 0.25) is 0 Å². The molecule has 0 radical (unpaired) electrons. The molecule has 0 aromatic carbocycles. The van der Waals surface area contributed by atoms with Gasteiger partial charge in [-0.25, -0.2) is 4.98 Å². The van der Waals surface area contributed by atoms with Crippen molar-refractivity contribution in [2.24, 2.45) is 0 Å². The molecule has 0 amide bonds. The van der Waals surface area contributed by atoms with Crippen LogP contribution in [0.25, 0.3) is 5.82 Å². The third kappa shape index (κ3) is 1.25. The second kappa shape index (κ2) is 2.85. The van der Waals surface area contributed by atoms with Gasteiger partial charge in [0.15, 0.2) is 5.82 Å². The second-order valence-electron chi connectivity index (χ2n) is 3.03. The lowest BCUT2D eigenvalue weighted by Crippen LogP contribution is -1.98. The fourth-order valence-electron chi connectivity index (χ4n) is 1.23. The quantitative estimate of drug-likeness (QED) is 0.628. The first-order valence-corrected chi connectivity index (χ1v) is 4.24. The molecule has 14 heavy (non-hydrogen) atoms. The number of pyridine rings is 1. The number of epoxide rings is 1. The van der Waals surface area contributed by atoms with Gasteiger partial charge in [-0.2, -0.15) is 4.68 Å². The predicted octanol–water partition coefficient (Wildman–Crippen LogP) is 0.129. The van der Waals surface area contributed by atoms with Gasteiger partial charge in [0.25, 0.3) is 0 Å². The maximum absolute atomic E-state index is 5.14. The van der Waals surface area contributed by atoms with E-state index in [9.17, 15) is 0 Å². The zero-order chi connectivity index (χ0) is 9.38. The Bertz CT molecular complexity index is 420. The second-order valence-corrected chi connectivity index (χ2v) is 3.03. The van der Waals surface area contributed by atoms with Crippen LogP contribution in [-0.4, -0.2) is 31.8 Å². The van der Waals surface area contributed by atoms with E-state index in [1.807, 2.05) is 12.1 Å². The Balaban J connectivity index is 1.93. The highest BCUT2D eigenvalue weighted by Gasteiger charge is 2.24. The normalized spacial score (nSPS) is 19.6. The molecule has 0 bridgehead atoms. The average Bonchev–Trinajstić information content (AvgIpc) is 2.94. The van der Waals surface area contributed by atoms with Crippen LogP contribution in [0, 0.1) is 0 Å². The fraction of sp³-hybridized carbons (Fsp3) is 0.250. The van der Waals surface area contributed by atoms with Crippen LogP contribution in [0.4, 0.5) is 0 Å². The molecule has 2 aromatic rings. The third-order valence-electron chi connectivity index (χ3n) is 2.06. The largest absolute Gasteiger partial charge is 0.368 e. The van der Waals surface area contributed by atoms with Crippen LogP contribution < -0.4 is 0 Å². The molecule has 3 rings (SSSR count). The molecule has 1 atom stereocenters.